The molecule has 0 saturated carbocycles. The van der Waals surface area contributed by atoms with Gasteiger partial charge in [0.05, 0.1) is 19.1 Å². The van der Waals surface area contributed by atoms with Crippen LogP contribution in [0.3, 0.4) is 0 Å². The molecule has 0 aromatic carbocycles. The molecule has 1 rings (SSSR count). The van der Waals surface area contributed by atoms with Crippen molar-refractivity contribution in [2.75, 3.05) is 13.2 Å². The molecule has 0 aliphatic carbocycles. The highest BCUT2D eigenvalue weighted by molar-refractivity contribution is 5.71. The first-order valence-electron chi connectivity index (χ1n) is 3.34. The van der Waals surface area contributed by atoms with E-state index in [0.29, 0.717) is 13.2 Å². The Labute approximate surface area is 60.0 Å². The largest absolute Gasteiger partial charge is 0.481 e. The molecule has 1 heterocycles. The normalized spacial score (nSPS) is 30.4. The van der Waals surface area contributed by atoms with Crippen LogP contribution in [0.1, 0.15) is 13.8 Å². The lowest BCUT2D eigenvalue weighted by Crippen LogP contribution is -2.28. The van der Waals surface area contributed by atoms with Crippen LogP contribution in [-0.4, -0.2) is 24.3 Å². The van der Waals surface area contributed by atoms with Gasteiger partial charge in [0.15, 0.2) is 0 Å². The Morgan fingerprint density at radius 1 is 1.70 bits per heavy atom. The monoisotopic (exact) mass is 144 g/mol. The van der Waals surface area contributed by atoms with E-state index in [1.165, 1.54) is 0 Å². The van der Waals surface area contributed by atoms with Gasteiger partial charge in [-0.1, -0.05) is 13.8 Å². The SMILES string of the molecule is CC1(C)COC[C@@H]1C(=O)O. The minimum Gasteiger partial charge on any atom is -0.481 e. The Kier molecular flexibility index (Phi) is 1.68. The maximum absolute atomic E-state index is 10.5. The van der Waals surface area contributed by atoms with Crippen molar-refractivity contribution in [1.29, 1.82) is 0 Å². The van der Waals surface area contributed by atoms with Crippen LogP contribution in [0.15, 0.2) is 0 Å². The fraction of sp³-hybridized carbons (Fsp3) is 0.857. The third kappa shape index (κ3) is 1.14. The van der Waals surface area contributed by atoms with Crippen molar-refractivity contribution in [2.24, 2.45) is 11.3 Å². The van der Waals surface area contributed by atoms with Crippen molar-refractivity contribution in [3.05, 3.63) is 0 Å². The van der Waals surface area contributed by atoms with Crippen LogP contribution in [0.4, 0.5) is 0 Å². The van der Waals surface area contributed by atoms with Gasteiger partial charge in [0.25, 0.3) is 0 Å². The molecule has 1 saturated heterocycles. The number of carboxylic acids is 1. The lowest BCUT2D eigenvalue weighted by atomic mass is 9.82. The summed E-state index contributed by atoms with van der Waals surface area (Å²) in [7, 11) is 0. The fourth-order valence-corrected chi connectivity index (χ4v) is 1.17. The first kappa shape index (κ1) is 7.54. The highest BCUT2D eigenvalue weighted by Crippen LogP contribution is 2.33. The van der Waals surface area contributed by atoms with E-state index in [2.05, 4.69) is 0 Å². The second-order valence-electron chi connectivity index (χ2n) is 3.39. The molecular formula is C7H12O3. The molecule has 1 atom stereocenters. The predicted molar refractivity (Wildman–Crippen MR) is 35.7 cm³/mol. The van der Waals surface area contributed by atoms with Crippen LogP contribution in [0.5, 0.6) is 0 Å². The molecule has 10 heavy (non-hydrogen) atoms. The zero-order valence-electron chi connectivity index (χ0n) is 6.26. The predicted octanol–water partition coefficient (Wildman–Crippen LogP) is 0.744. The highest BCUT2D eigenvalue weighted by atomic mass is 16.5. The van der Waals surface area contributed by atoms with Gasteiger partial charge >= 0.3 is 5.97 Å². The number of carboxylic acid groups (broad SMARTS) is 1. The van der Waals surface area contributed by atoms with E-state index in [1.807, 2.05) is 13.8 Å². The summed E-state index contributed by atoms with van der Waals surface area (Å²) in [5.74, 6) is -1.07. The molecule has 58 valence electrons. The van der Waals surface area contributed by atoms with Crippen molar-refractivity contribution in [3.63, 3.8) is 0 Å². The molecule has 0 aromatic heterocycles. The van der Waals surface area contributed by atoms with Crippen LogP contribution in [0, 0.1) is 11.3 Å². The summed E-state index contributed by atoms with van der Waals surface area (Å²) in [5, 5.41) is 8.67. The number of rotatable bonds is 1. The van der Waals surface area contributed by atoms with Crippen LogP contribution in [-0.2, 0) is 9.53 Å². The van der Waals surface area contributed by atoms with Gasteiger partial charge < -0.3 is 9.84 Å². The summed E-state index contributed by atoms with van der Waals surface area (Å²) in [6, 6.07) is 0. The average molecular weight is 144 g/mol. The second-order valence-corrected chi connectivity index (χ2v) is 3.39. The molecule has 0 radical (unpaired) electrons. The molecule has 0 spiro atoms. The van der Waals surface area contributed by atoms with E-state index in [4.69, 9.17) is 9.84 Å². The van der Waals surface area contributed by atoms with Gasteiger partial charge in [-0.05, 0) is 0 Å². The Morgan fingerprint density at radius 3 is 2.50 bits per heavy atom. The fourth-order valence-electron chi connectivity index (χ4n) is 1.17. The molecule has 3 heteroatoms. The lowest BCUT2D eigenvalue weighted by molar-refractivity contribution is -0.144. The summed E-state index contributed by atoms with van der Waals surface area (Å²) in [4.78, 5) is 10.5. The number of hydrogen-bond acceptors (Lipinski definition) is 2. The number of ether oxygens (including phenoxy) is 1. The molecule has 0 unspecified atom stereocenters. The maximum atomic E-state index is 10.5. The van der Waals surface area contributed by atoms with Gasteiger partial charge in [0, 0.05) is 5.41 Å². The first-order chi connectivity index (χ1) is 4.54. The molecule has 0 amide bonds. The van der Waals surface area contributed by atoms with Crippen molar-refractivity contribution < 1.29 is 14.6 Å². The van der Waals surface area contributed by atoms with E-state index < -0.39 is 5.97 Å². The molecule has 1 fully saturated rings. The highest BCUT2D eigenvalue weighted by Gasteiger charge is 2.40. The van der Waals surface area contributed by atoms with E-state index in [1.54, 1.807) is 0 Å². The van der Waals surface area contributed by atoms with Crippen LogP contribution in [0.2, 0.25) is 0 Å². The smallest absolute Gasteiger partial charge is 0.309 e. The Balaban J connectivity index is 2.68. The first-order valence-corrected chi connectivity index (χ1v) is 3.34. The molecule has 3 nitrogen and oxygen atoms in total. The van der Waals surface area contributed by atoms with Gasteiger partial charge in [-0.3, -0.25) is 4.79 Å². The number of hydrogen-bond donors (Lipinski definition) is 1. The number of aliphatic carboxylic acids is 1. The molecule has 1 aliphatic heterocycles. The minimum absolute atomic E-state index is 0.189. The summed E-state index contributed by atoms with van der Waals surface area (Å²) in [5.41, 5.74) is -0.189. The molecule has 1 N–H and O–H groups in total. The summed E-state index contributed by atoms with van der Waals surface area (Å²) in [6.45, 7) is 4.75. The second kappa shape index (κ2) is 2.23. The van der Waals surface area contributed by atoms with E-state index in [9.17, 15) is 4.79 Å². The van der Waals surface area contributed by atoms with E-state index in [0.717, 1.165) is 0 Å². The zero-order chi connectivity index (χ0) is 7.78. The van der Waals surface area contributed by atoms with E-state index >= 15 is 0 Å². The van der Waals surface area contributed by atoms with E-state index in [-0.39, 0.29) is 11.3 Å². The molecule has 0 aromatic rings. The van der Waals surface area contributed by atoms with Crippen LogP contribution < -0.4 is 0 Å². The molecule has 0 bridgehead atoms. The summed E-state index contributed by atoms with van der Waals surface area (Å²) < 4.78 is 5.05. The average Bonchev–Trinajstić information content (AvgIpc) is 2.08. The van der Waals surface area contributed by atoms with Crippen molar-refractivity contribution in [2.45, 2.75) is 13.8 Å². The maximum Gasteiger partial charge on any atom is 0.309 e. The Morgan fingerprint density at radius 2 is 2.30 bits per heavy atom. The Hall–Kier alpha value is -0.570. The third-order valence-electron chi connectivity index (χ3n) is 2.00. The van der Waals surface area contributed by atoms with Gasteiger partial charge in [-0.15, -0.1) is 0 Å². The minimum atomic E-state index is -0.748. The summed E-state index contributed by atoms with van der Waals surface area (Å²) in [6.07, 6.45) is 0. The molecule has 1 aliphatic rings. The van der Waals surface area contributed by atoms with Gasteiger partial charge in [0.2, 0.25) is 0 Å². The lowest BCUT2D eigenvalue weighted by Gasteiger charge is -2.19. The van der Waals surface area contributed by atoms with Crippen molar-refractivity contribution in [1.82, 2.24) is 0 Å². The van der Waals surface area contributed by atoms with Gasteiger partial charge in [0.1, 0.15) is 0 Å². The quantitative estimate of drug-likeness (QED) is 0.590. The topological polar surface area (TPSA) is 46.5 Å². The Bertz CT molecular complexity index is 151. The van der Waals surface area contributed by atoms with Gasteiger partial charge in [-0.25, -0.2) is 0 Å². The number of carbonyl (C=O) groups is 1. The van der Waals surface area contributed by atoms with Crippen molar-refractivity contribution >= 4 is 5.97 Å². The summed E-state index contributed by atoms with van der Waals surface area (Å²) >= 11 is 0. The standard InChI is InChI=1S/C7H12O3/c1-7(2)4-10-3-5(7)6(8)9/h5H,3-4H2,1-2H3,(H,8,9)/t5-/m1/s1. The molecular weight excluding hydrogens is 132 g/mol. The van der Waals surface area contributed by atoms with Crippen LogP contribution >= 0.6 is 0 Å². The van der Waals surface area contributed by atoms with Gasteiger partial charge in [-0.2, -0.15) is 0 Å². The van der Waals surface area contributed by atoms with Crippen LogP contribution in [0.25, 0.3) is 0 Å². The zero-order valence-corrected chi connectivity index (χ0v) is 6.26. The van der Waals surface area contributed by atoms with Crippen molar-refractivity contribution in [3.8, 4) is 0 Å². The third-order valence-corrected chi connectivity index (χ3v) is 2.00.